The lowest BCUT2D eigenvalue weighted by molar-refractivity contribution is -0.139. The average molecular weight is 291 g/mol. The van der Waals surface area contributed by atoms with Crippen molar-refractivity contribution in [2.75, 3.05) is 12.0 Å². The Kier molecular flexibility index (Phi) is 8.77. The van der Waals surface area contributed by atoms with Gasteiger partial charge < -0.3 is 21.5 Å². The quantitative estimate of drug-likeness (QED) is 0.481. The van der Waals surface area contributed by atoms with E-state index in [4.69, 9.17) is 10.8 Å². The first-order valence-electron chi connectivity index (χ1n) is 5.94. The molecule has 5 N–H and O–H groups in total. The third-order valence-electron chi connectivity index (χ3n) is 2.42. The third-order valence-corrected chi connectivity index (χ3v) is 3.06. The lowest BCUT2D eigenvalue weighted by atomic mass is 10.1. The number of amides is 3. The van der Waals surface area contributed by atoms with Crippen LogP contribution in [0.2, 0.25) is 0 Å². The maximum Gasteiger partial charge on any atom is 0.326 e. The predicted molar refractivity (Wildman–Crippen MR) is 74.0 cm³/mol. The number of hydrogen-bond acceptors (Lipinski definition) is 4. The zero-order valence-electron chi connectivity index (χ0n) is 11.1. The van der Waals surface area contributed by atoms with E-state index in [1.165, 1.54) is 0 Å². The maximum atomic E-state index is 11.6. The Hall–Kier alpha value is -1.44. The van der Waals surface area contributed by atoms with Gasteiger partial charge in [0.2, 0.25) is 5.91 Å². The minimum absolute atomic E-state index is 0.0166. The summed E-state index contributed by atoms with van der Waals surface area (Å²) in [4.78, 5) is 33.1. The molecule has 0 aromatic heterocycles. The molecule has 0 bridgehead atoms. The minimum Gasteiger partial charge on any atom is -0.480 e. The van der Waals surface area contributed by atoms with Crippen LogP contribution in [0.15, 0.2) is 0 Å². The Morgan fingerprint density at radius 1 is 1.26 bits per heavy atom. The molecule has 8 heteroatoms. The highest BCUT2D eigenvalue weighted by Crippen LogP contribution is 2.01. The number of rotatable bonds is 9. The highest BCUT2D eigenvalue weighted by molar-refractivity contribution is 7.98. The summed E-state index contributed by atoms with van der Waals surface area (Å²) in [5, 5.41) is 13.9. The van der Waals surface area contributed by atoms with Crippen molar-refractivity contribution in [3.63, 3.8) is 0 Å². The molecule has 0 aromatic carbocycles. The molecule has 2 unspecified atom stereocenters. The van der Waals surface area contributed by atoms with Crippen LogP contribution in [-0.4, -0.2) is 47.1 Å². The maximum absolute atomic E-state index is 11.6. The van der Waals surface area contributed by atoms with E-state index in [0.717, 1.165) is 12.2 Å². The van der Waals surface area contributed by atoms with Crippen LogP contribution in [0.1, 0.15) is 26.2 Å². The summed E-state index contributed by atoms with van der Waals surface area (Å²) >= 11 is 1.67. The molecule has 7 nitrogen and oxygen atoms in total. The van der Waals surface area contributed by atoms with Crippen LogP contribution in [0.3, 0.4) is 0 Å². The lowest BCUT2D eigenvalue weighted by Crippen LogP contribution is -2.48. The fourth-order valence-electron chi connectivity index (χ4n) is 1.33. The van der Waals surface area contributed by atoms with E-state index in [1.54, 1.807) is 11.8 Å². The van der Waals surface area contributed by atoms with Crippen molar-refractivity contribution < 1.29 is 19.5 Å². The van der Waals surface area contributed by atoms with Crippen LogP contribution in [-0.2, 0) is 9.59 Å². The van der Waals surface area contributed by atoms with Gasteiger partial charge in [-0.05, 0) is 31.8 Å². The molecule has 2 atom stereocenters. The van der Waals surface area contributed by atoms with Gasteiger partial charge in [0.25, 0.3) is 0 Å². The monoisotopic (exact) mass is 291 g/mol. The molecule has 19 heavy (non-hydrogen) atoms. The molecule has 0 spiro atoms. The summed E-state index contributed by atoms with van der Waals surface area (Å²) in [5.74, 6) is -0.874. The smallest absolute Gasteiger partial charge is 0.326 e. The number of urea groups is 1. The molecule has 0 saturated carbocycles. The summed E-state index contributed by atoms with van der Waals surface area (Å²) in [6, 6.07) is -1.70. The Balaban J connectivity index is 4.16. The first-order chi connectivity index (χ1) is 8.86. The van der Waals surface area contributed by atoms with Gasteiger partial charge in [-0.1, -0.05) is 0 Å². The number of carboxylic acid groups (broad SMARTS) is 1. The van der Waals surface area contributed by atoms with Gasteiger partial charge in [-0.15, -0.1) is 0 Å². The molecule has 110 valence electrons. The molecular formula is C11H21N3O4S. The van der Waals surface area contributed by atoms with Crippen molar-refractivity contribution in [2.24, 2.45) is 5.73 Å². The van der Waals surface area contributed by atoms with Crippen LogP contribution >= 0.6 is 11.8 Å². The van der Waals surface area contributed by atoms with Crippen molar-refractivity contribution in [1.82, 2.24) is 10.6 Å². The number of nitrogens with one attached hydrogen (secondary N) is 2. The standard InChI is InChI=1S/C11H21N3O4S/c1-7(5-6-19-2)13-11(18)14-8(10(16)17)3-4-9(12)15/h7-8H,3-6H2,1-2H3,(H2,12,15)(H,16,17)(H2,13,14,18). The molecule has 0 saturated heterocycles. The number of aliphatic carboxylic acids is 1. The van der Waals surface area contributed by atoms with Crippen molar-refractivity contribution in [1.29, 1.82) is 0 Å². The molecule has 0 aromatic rings. The lowest BCUT2D eigenvalue weighted by Gasteiger charge is -2.17. The molecular weight excluding hydrogens is 270 g/mol. The van der Waals surface area contributed by atoms with Gasteiger partial charge in [-0.2, -0.15) is 11.8 Å². The number of carbonyl (C=O) groups is 3. The van der Waals surface area contributed by atoms with E-state index in [0.29, 0.717) is 0 Å². The van der Waals surface area contributed by atoms with Gasteiger partial charge in [0, 0.05) is 12.5 Å². The SMILES string of the molecule is CSCCC(C)NC(=O)NC(CCC(N)=O)C(=O)O. The van der Waals surface area contributed by atoms with Crippen LogP contribution in [0, 0.1) is 0 Å². The van der Waals surface area contributed by atoms with Crippen LogP contribution < -0.4 is 16.4 Å². The second-order valence-electron chi connectivity index (χ2n) is 4.20. The van der Waals surface area contributed by atoms with Crippen LogP contribution in [0.4, 0.5) is 4.79 Å². The summed E-state index contributed by atoms with van der Waals surface area (Å²) in [6.45, 7) is 1.84. The Morgan fingerprint density at radius 2 is 1.89 bits per heavy atom. The van der Waals surface area contributed by atoms with E-state index < -0.39 is 23.9 Å². The van der Waals surface area contributed by atoms with Gasteiger partial charge in [0.05, 0.1) is 0 Å². The van der Waals surface area contributed by atoms with Gasteiger partial charge >= 0.3 is 12.0 Å². The molecule has 3 amide bonds. The van der Waals surface area contributed by atoms with Gasteiger partial charge in [-0.25, -0.2) is 9.59 Å². The third kappa shape index (κ3) is 9.18. The van der Waals surface area contributed by atoms with E-state index in [2.05, 4.69) is 10.6 Å². The first kappa shape index (κ1) is 17.6. The molecule has 0 aliphatic rings. The number of carboxylic acids is 1. The molecule has 0 aliphatic heterocycles. The van der Waals surface area contributed by atoms with Crippen molar-refractivity contribution >= 4 is 29.7 Å². The van der Waals surface area contributed by atoms with Gasteiger partial charge in [0.15, 0.2) is 0 Å². The normalized spacial score (nSPS) is 13.4. The topological polar surface area (TPSA) is 122 Å². The van der Waals surface area contributed by atoms with Crippen molar-refractivity contribution in [3.05, 3.63) is 0 Å². The highest BCUT2D eigenvalue weighted by Gasteiger charge is 2.20. The van der Waals surface area contributed by atoms with E-state index >= 15 is 0 Å². The van der Waals surface area contributed by atoms with Crippen LogP contribution in [0.25, 0.3) is 0 Å². The van der Waals surface area contributed by atoms with E-state index in [1.807, 2.05) is 13.2 Å². The first-order valence-corrected chi connectivity index (χ1v) is 7.33. The Labute approximate surface area is 116 Å². The molecule has 0 rings (SSSR count). The summed E-state index contributed by atoms with van der Waals surface area (Å²) in [6.07, 6.45) is 2.67. The van der Waals surface area contributed by atoms with Crippen molar-refractivity contribution in [2.45, 2.75) is 38.3 Å². The fourth-order valence-corrected chi connectivity index (χ4v) is 1.92. The molecule has 0 fully saturated rings. The van der Waals surface area contributed by atoms with Gasteiger partial charge in [-0.3, -0.25) is 4.79 Å². The summed E-state index contributed by atoms with van der Waals surface area (Å²) in [7, 11) is 0. The van der Waals surface area contributed by atoms with Gasteiger partial charge in [0.1, 0.15) is 6.04 Å². The molecule has 0 aliphatic carbocycles. The number of thioether (sulfide) groups is 1. The molecule has 0 heterocycles. The Morgan fingerprint density at radius 3 is 2.37 bits per heavy atom. The minimum atomic E-state index is -1.19. The Bertz CT molecular complexity index is 325. The van der Waals surface area contributed by atoms with E-state index in [-0.39, 0.29) is 18.9 Å². The van der Waals surface area contributed by atoms with Crippen LogP contribution in [0.5, 0.6) is 0 Å². The number of hydrogen-bond donors (Lipinski definition) is 4. The number of carbonyl (C=O) groups excluding carboxylic acids is 2. The zero-order valence-corrected chi connectivity index (χ0v) is 12.0. The largest absolute Gasteiger partial charge is 0.480 e. The predicted octanol–water partition coefficient (Wildman–Crippen LogP) is 0.146. The average Bonchev–Trinajstić information content (AvgIpc) is 2.31. The molecule has 0 radical (unpaired) electrons. The number of nitrogens with two attached hydrogens (primary N) is 1. The van der Waals surface area contributed by atoms with E-state index in [9.17, 15) is 14.4 Å². The fraction of sp³-hybridized carbons (Fsp3) is 0.727. The second kappa shape index (κ2) is 9.48. The second-order valence-corrected chi connectivity index (χ2v) is 5.18. The number of primary amides is 1. The van der Waals surface area contributed by atoms with Crippen molar-refractivity contribution in [3.8, 4) is 0 Å². The highest BCUT2D eigenvalue weighted by atomic mass is 32.2. The summed E-state index contributed by atoms with van der Waals surface area (Å²) < 4.78 is 0. The zero-order chi connectivity index (χ0) is 14.8. The summed E-state index contributed by atoms with van der Waals surface area (Å²) in [5.41, 5.74) is 4.94.